The maximum Gasteiger partial charge on any atom is 0.235 e. The smallest absolute Gasteiger partial charge is 0.235 e. The van der Waals surface area contributed by atoms with Crippen LogP contribution >= 0.6 is 0 Å². The summed E-state index contributed by atoms with van der Waals surface area (Å²) >= 11 is 0. The number of nitrogens with two attached hydrogens (primary N) is 2. The van der Waals surface area contributed by atoms with Gasteiger partial charge in [-0.3, -0.25) is 0 Å². The summed E-state index contributed by atoms with van der Waals surface area (Å²) in [7, 11) is 1.52. The molecule has 0 bridgehead atoms. The summed E-state index contributed by atoms with van der Waals surface area (Å²) in [6.45, 7) is 1.85. The number of nitrogens with zero attached hydrogens (tertiary/aromatic N) is 4. The molecule has 7 nitrogen and oxygen atoms in total. The molecular weight excluding hydrogens is 220 g/mol. The van der Waals surface area contributed by atoms with Gasteiger partial charge < -0.3 is 16.2 Å². The van der Waals surface area contributed by atoms with E-state index in [9.17, 15) is 0 Å². The van der Waals surface area contributed by atoms with E-state index in [-0.39, 0.29) is 0 Å². The van der Waals surface area contributed by atoms with E-state index in [1.54, 1.807) is 12.1 Å². The van der Waals surface area contributed by atoms with Crippen molar-refractivity contribution in [3.05, 3.63) is 30.2 Å². The molecule has 0 saturated carbocycles. The molecule has 2 heterocycles. The van der Waals surface area contributed by atoms with Gasteiger partial charge in [-0.15, -0.1) is 5.10 Å². The van der Waals surface area contributed by atoms with Gasteiger partial charge in [0.2, 0.25) is 5.88 Å². The van der Waals surface area contributed by atoms with Crippen molar-refractivity contribution in [3.8, 4) is 5.88 Å². The summed E-state index contributed by atoms with van der Waals surface area (Å²) in [5.41, 5.74) is 12.8. The highest BCUT2D eigenvalue weighted by atomic mass is 16.5. The number of nitrogen functional groups attached to an aromatic ring is 2. The number of hydrogen-bond acceptors (Lipinski definition) is 7. The third-order valence-corrected chi connectivity index (χ3v) is 1.66. The van der Waals surface area contributed by atoms with Crippen molar-refractivity contribution in [2.45, 2.75) is 6.92 Å². The lowest BCUT2D eigenvalue weighted by atomic mass is 10.4. The van der Waals surface area contributed by atoms with Crippen LogP contribution in [0.5, 0.6) is 5.88 Å². The van der Waals surface area contributed by atoms with Crippen LogP contribution in [0.1, 0.15) is 5.69 Å². The maximum atomic E-state index is 5.36. The van der Waals surface area contributed by atoms with Crippen molar-refractivity contribution in [3.63, 3.8) is 0 Å². The minimum Gasteiger partial charge on any atom is -0.480 e. The van der Waals surface area contributed by atoms with Crippen molar-refractivity contribution in [2.24, 2.45) is 0 Å². The third-order valence-electron chi connectivity index (χ3n) is 1.66. The summed E-state index contributed by atoms with van der Waals surface area (Å²) in [5, 5.41) is 14.5. The van der Waals surface area contributed by atoms with E-state index in [4.69, 9.17) is 16.2 Å². The van der Waals surface area contributed by atoms with E-state index in [2.05, 4.69) is 20.4 Å². The van der Waals surface area contributed by atoms with Crippen LogP contribution in [0.3, 0.4) is 0 Å². The lowest BCUT2D eigenvalue weighted by Crippen LogP contribution is -1.92. The fourth-order valence-corrected chi connectivity index (χ4v) is 0.955. The molecule has 7 heteroatoms. The first-order valence-electron chi connectivity index (χ1n) is 4.79. The molecule has 2 rings (SSSR count). The molecule has 0 aromatic carbocycles. The number of hydrogen-bond donors (Lipinski definition) is 2. The van der Waals surface area contributed by atoms with Gasteiger partial charge in [0.25, 0.3) is 0 Å². The second kappa shape index (κ2) is 6.21. The quantitative estimate of drug-likeness (QED) is 0.735. The minimum atomic E-state index is 0.440. The second-order valence-electron chi connectivity index (χ2n) is 3.16. The molecule has 2 aromatic rings. The van der Waals surface area contributed by atoms with Gasteiger partial charge in [0.15, 0.2) is 0 Å². The van der Waals surface area contributed by atoms with Gasteiger partial charge in [-0.05, 0) is 13.0 Å². The van der Waals surface area contributed by atoms with Crippen LogP contribution in [-0.4, -0.2) is 27.5 Å². The molecule has 17 heavy (non-hydrogen) atoms. The predicted molar refractivity (Wildman–Crippen MR) is 64.2 cm³/mol. The Labute approximate surface area is 98.8 Å². The Morgan fingerprint density at radius 1 is 1.00 bits per heavy atom. The number of rotatable bonds is 1. The molecule has 0 aliphatic rings. The van der Waals surface area contributed by atoms with Crippen molar-refractivity contribution in [2.75, 3.05) is 18.6 Å². The van der Waals surface area contributed by atoms with Crippen LogP contribution in [0.4, 0.5) is 11.4 Å². The molecule has 4 N–H and O–H groups in total. The number of aromatic nitrogens is 4. The third kappa shape index (κ3) is 4.74. The van der Waals surface area contributed by atoms with Crippen LogP contribution in [-0.2, 0) is 0 Å². The first-order chi connectivity index (χ1) is 8.11. The largest absolute Gasteiger partial charge is 0.480 e. The average Bonchev–Trinajstić information content (AvgIpc) is 2.29. The Kier molecular flexibility index (Phi) is 4.61. The highest BCUT2D eigenvalue weighted by Crippen LogP contribution is 2.06. The minimum absolute atomic E-state index is 0.440. The zero-order chi connectivity index (χ0) is 12.7. The fraction of sp³-hybridized carbons (Fsp3) is 0.200. The summed E-state index contributed by atoms with van der Waals surface area (Å²) in [5.74, 6) is 0.440. The van der Waals surface area contributed by atoms with E-state index in [0.717, 1.165) is 5.69 Å². The van der Waals surface area contributed by atoms with Crippen molar-refractivity contribution >= 4 is 11.4 Å². The van der Waals surface area contributed by atoms with E-state index < -0.39 is 0 Å². The first-order valence-corrected chi connectivity index (χ1v) is 4.79. The molecule has 0 radical (unpaired) electrons. The Morgan fingerprint density at radius 3 is 1.94 bits per heavy atom. The monoisotopic (exact) mass is 234 g/mol. The SMILES string of the molecule is COc1cc(N)cnn1.Cc1cc(N)cnn1. The van der Waals surface area contributed by atoms with Crippen LogP contribution in [0.25, 0.3) is 0 Å². The Hall–Kier alpha value is -2.44. The molecule has 0 saturated heterocycles. The summed E-state index contributed by atoms with van der Waals surface area (Å²) in [6.07, 6.45) is 2.98. The van der Waals surface area contributed by atoms with Crippen molar-refractivity contribution < 1.29 is 4.74 Å². The first kappa shape index (κ1) is 12.6. The van der Waals surface area contributed by atoms with Gasteiger partial charge in [-0.25, -0.2) is 0 Å². The van der Waals surface area contributed by atoms with Gasteiger partial charge >= 0.3 is 0 Å². The number of methoxy groups -OCH3 is 1. The molecule has 0 unspecified atom stereocenters. The zero-order valence-corrected chi connectivity index (χ0v) is 9.66. The van der Waals surface area contributed by atoms with Gasteiger partial charge in [0.05, 0.1) is 36.6 Å². The maximum absolute atomic E-state index is 5.36. The topological polar surface area (TPSA) is 113 Å². The molecule has 90 valence electrons. The van der Waals surface area contributed by atoms with Gasteiger partial charge in [0, 0.05) is 6.07 Å². The lowest BCUT2D eigenvalue weighted by molar-refractivity contribution is 0.392. The number of ether oxygens (including phenoxy) is 1. The van der Waals surface area contributed by atoms with Crippen molar-refractivity contribution in [1.29, 1.82) is 0 Å². The zero-order valence-electron chi connectivity index (χ0n) is 9.66. The number of anilines is 2. The molecule has 0 aliphatic heterocycles. The molecule has 0 fully saturated rings. The Balaban J connectivity index is 0.000000171. The average molecular weight is 234 g/mol. The van der Waals surface area contributed by atoms with Crippen molar-refractivity contribution in [1.82, 2.24) is 20.4 Å². The Bertz CT molecular complexity index is 459. The fourth-order valence-electron chi connectivity index (χ4n) is 0.955. The van der Waals surface area contributed by atoms with Crippen LogP contribution in [0.15, 0.2) is 24.5 Å². The van der Waals surface area contributed by atoms with Crippen LogP contribution in [0, 0.1) is 6.92 Å². The molecule has 0 amide bonds. The van der Waals surface area contributed by atoms with E-state index >= 15 is 0 Å². The summed E-state index contributed by atoms with van der Waals surface area (Å²) in [4.78, 5) is 0. The highest BCUT2D eigenvalue weighted by molar-refractivity contribution is 5.36. The van der Waals surface area contributed by atoms with Gasteiger partial charge in [-0.2, -0.15) is 15.3 Å². The van der Waals surface area contributed by atoms with Crippen LogP contribution < -0.4 is 16.2 Å². The van der Waals surface area contributed by atoms with Crippen LogP contribution in [0.2, 0.25) is 0 Å². The van der Waals surface area contributed by atoms with E-state index in [0.29, 0.717) is 17.3 Å². The van der Waals surface area contributed by atoms with Gasteiger partial charge in [-0.1, -0.05) is 0 Å². The molecule has 2 aromatic heterocycles. The number of aryl methyl sites for hydroxylation is 1. The van der Waals surface area contributed by atoms with Gasteiger partial charge in [0.1, 0.15) is 0 Å². The lowest BCUT2D eigenvalue weighted by Gasteiger charge is -1.95. The summed E-state index contributed by atoms with van der Waals surface area (Å²) < 4.78 is 4.74. The second-order valence-corrected chi connectivity index (χ2v) is 3.16. The van der Waals surface area contributed by atoms with E-state index in [1.165, 1.54) is 19.5 Å². The molecular formula is C10H14N6O. The highest BCUT2D eigenvalue weighted by Gasteiger charge is 1.90. The normalized spacial score (nSPS) is 9.06. The molecule has 0 atom stereocenters. The molecule has 0 aliphatic carbocycles. The summed E-state index contributed by atoms with van der Waals surface area (Å²) in [6, 6.07) is 3.38. The van der Waals surface area contributed by atoms with E-state index in [1.807, 2.05) is 6.92 Å². The Morgan fingerprint density at radius 2 is 1.59 bits per heavy atom. The standard InChI is InChI=1S/C5H7N3O.C5H7N3/c1-9-5-2-4(6)3-7-8-5;1-4-2-5(6)3-7-8-4/h2-3H,1H3,(H2,6,8);2-3H,1H3,(H2,6,8). The molecule has 0 spiro atoms. The predicted octanol–water partition coefficient (Wildman–Crippen LogP) is 0.435.